The van der Waals surface area contributed by atoms with Crippen LogP contribution in [0, 0.1) is 34.3 Å². The second kappa shape index (κ2) is 25.7. The molecule has 452 valence electrons. The predicted molar refractivity (Wildman–Crippen MR) is 347 cm³/mol. The van der Waals surface area contributed by atoms with Crippen LogP contribution >= 0.6 is 46.4 Å². The maximum Gasteiger partial charge on any atom is 0.414 e. The number of benzene rings is 6. The van der Waals surface area contributed by atoms with E-state index in [4.69, 9.17) is 51.1 Å². The Morgan fingerprint density at radius 2 is 1.16 bits per heavy atom. The van der Waals surface area contributed by atoms with E-state index in [0.717, 1.165) is 58.0 Å². The number of amides is 1. The Morgan fingerprint density at radius 3 is 1.62 bits per heavy atom. The number of carbonyl (C=O) groups is 1. The highest BCUT2D eigenvalue weighted by molar-refractivity contribution is 6.36. The van der Waals surface area contributed by atoms with Crippen LogP contribution in [0.25, 0.3) is 21.8 Å². The van der Waals surface area contributed by atoms with Gasteiger partial charge in [0.15, 0.2) is 0 Å². The van der Waals surface area contributed by atoms with Gasteiger partial charge in [0.1, 0.15) is 29.4 Å². The molecule has 3 N–H and O–H groups in total. The molecule has 1 amide bonds. The van der Waals surface area contributed by atoms with E-state index in [2.05, 4.69) is 96.8 Å². The largest absolute Gasteiger partial charge is 0.443 e. The molecule has 10 aromatic rings. The molecular formula is C67H60Cl4F2N14O2. The number of nitrogens with zero attached hydrogens (tertiary/aromatic N) is 11. The highest BCUT2D eigenvalue weighted by Crippen LogP contribution is 2.43. The van der Waals surface area contributed by atoms with Crippen molar-refractivity contribution < 1.29 is 18.3 Å². The number of rotatable bonds is 14. The standard InChI is InChI=1S/C36H34Cl2FN7O2.C31H26Cl2FN7/c1-20(2)46-19-31(43-44-46)26(24-7-6-8-32-25(24)11-12-45(32)35(47)48-36(3,4)5)13-21-14-27-33(42-23-9-10-30(39)28(37)16-23)22(17-40)18-41-34(27)29(38)15-21;1-17(2)41-16-29(39-40-41)23(21-4-3-5-28-22(21)8-9-36-28)10-18-11-24-30(38-20-6-7-27(34)25(32)13-20)19(14-35)15-37-31(24)26(33)12-18/h6-10,14-16,18-20,26H,11-13H2,1-5H3,(H,41,42);3-7,11-13,15-17,23,36H,8-10H2,1-2H3,(H,37,38)/t26-;23-/m00/s1. The van der Waals surface area contributed by atoms with Gasteiger partial charge in [-0.1, -0.05) is 81.1 Å². The van der Waals surface area contributed by atoms with Crippen molar-refractivity contribution in [1.82, 2.24) is 40.0 Å². The predicted octanol–water partition coefficient (Wildman–Crippen LogP) is 17.0. The molecule has 89 heavy (non-hydrogen) atoms. The minimum atomic E-state index is -0.623. The second-order valence-electron chi connectivity index (χ2n) is 23.5. The third kappa shape index (κ3) is 13.1. The van der Waals surface area contributed by atoms with E-state index in [9.17, 15) is 24.1 Å². The smallest absolute Gasteiger partial charge is 0.414 e. The number of halogens is 6. The van der Waals surface area contributed by atoms with Gasteiger partial charge in [0.25, 0.3) is 0 Å². The molecule has 2 aliphatic rings. The minimum Gasteiger partial charge on any atom is -0.443 e. The lowest BCUT2D eigenvalue weighted by Gasteiger charge is -2.25. The fraction of sp³-hybridized carbons (Fsp3) is 0.269. The van der Waals surface area contributed by atoms with Gasteiger partial charge in [-0.25, -0.2) is 22.9 Å². The Bertz CT molecular complexity index is 4470. The topological polar surface area (TPSA) is 200 Å². The number of pyridine rings is 2. The van der Waals surface area contributed by atoms with Gasteiger partial charge in [0, 0.05) is 89.6 Å². The minimum absolute atomic E-state index is 0.0206. The number of hydrogen-bond donors (Lipinski definition) is 3. The lowest BCUT2D eigenvalue weighted by molar-refractivity contribution is 0.0584. The quantitative estimate of drug-likeness (QED) is 0.0929. The molecular weight excluding hydrogens is 1210 g/mol. The van der Waals surface area contributed by atoms with Crippen LogP contribution in [0.2, 0.25) is 20.1 Å². The first kappa shape index (κ1) is 61.7. The first-order valence-corrected chi connectivity index (χ1v) is 30.4. The Kier molecular flexibility index (Phi) is 17.8. The first-order valence-electron chi connectivity index (χ1n) is 28.9. The summed E-state index contributed by atoms with van der Waals surface area (Å²) in [6.07, 6.45) is 9.19. The molecule has 6 heterocycles. The average molecular weight is 1270 g/mol. The summed E-state index contributed by atoms with van der Waals surface area (Å²) in [6.45, 7) is 15.2. The summed E-state index contributed by atoms with van der Waals surface area (Å²) in [5, 5.41) is 49.9. The van der Waals surface area contributed by atoms with Crippen LogP contribution in [0.15, 0.2) is 122 Å². The van der Waals surface area contributed by atoms with Crippen molar-refractivity contribution in [3.63, 3.8) is 0 Å². The number of anilines is 6. The summed E-state index contributed by atoms with van der Waals surface area (Å²) in [6, 6.07) is 33.3. The van der Waals surface area contributed by atoms with Crippen LogP contribution in [0.3, 0.4) is 0 Å². The Morgan fingerprint density at radius 1 is 0.663 bits per heavy atom. The fourth-order valence-electron chi connectivity index (χ4n) is 11.4. The second-order valence-corrected chi connectivity index (χ2v) is 25.1. The molecule has 0 unspecified atom stereocenters. The Balaban J connectivity index is 0.000000186. The van der Waals surface area contributed by atoms with Crippen molar-refractivity contribution in [3.8, 4) is 12.1 Å². The monoisotopic (exact) mass is 1270 g/mol. The van der Waals surface area contributed by atoms with Gasteiger partial charge >= 0.3 is 6.09 Å². The van der Waals surface area contributed by atoms with Crippen molar-refractivity contribution in [3.05, 3.63) is 209 Å². The molecule has 0 spiro atoms. The normalized spacial score (nSPS) is 13.3. The van der Waals surface area contributed by atoms with Gasteiger partial charge in [-0.15, -0.1) is 10.2 Å². The first-order chi connectivity index (χ1) is 42.6. The number of nitriles is 2. The Labute approximate surface area is 533 Å². The zero-order valence-electron chi connectivity index (χ0n) is 49.6. The maximum atomic E-state index is 13.9. The van der Waals surface area contributed by atoms with Gasteiger partial charge in [-0.05, 0) is 180 Å². The summed E-state index contributed by atoms with van der Waals surface area (Å²) in [4.78, 5) is 23.8. The van der Waals surface area contributed by atoms with E-state index >= 15 is 0 Å². The summed E-state index contributed by atoms with van der Waals surface area (Å²) in [7, 11) is 0. The van der Waals surface area contributed by atoms with Crippen LogP contribution in [0.4, 0.5) is 47.7 Å². The number of nitrogens with one attached hydrogen (secondary N) is 3. The van der Waals surface area contributed by atoms with Crippen LogP contribution in [-0.4, -0.2) is 64.7 Å². The van der Waals surface area contributed by atoms with E-state index in [1.54, 1.807) is 17.0 Å². The van der Waals surface area contributed by atoms with Crippen molar-refractivity contribution in [2.24, 2.45) is 0 Å². The van der Waals surface area contributed by atoms with E-state index in [0.29, 0.717) is 86.0 Å². The van der Waals surface area contributed by atoms with Gasteiger partial charge in [-0.3, -0.25) is 14.9 Å². The molecule has 22 heteroatoms. The lowest BCUT2D eigenvalue weighted by Crippen LogP contribution is -2.35. The van der Waals surface area contributed by atoms with Crippen LogP contribution < -0.4 is 20.9 Å². The summed E-state index contributed by atoms with van der Waals surface area (Å²) >= 11 is 25.8. The van der Waals surface area contributed by atoms with E-state index in [1.807, 2.05) is 92.8 Å². The van der Waals surface area contributed by atoms with Crippen LogP contribution in [-0.2, 0) is 30.4 Å². The molecule has 12 rings (SSSR count). The molecule has 0 aliphatic carbocycles. The number of ether oxygens (including phenoxy) is 1. The van der Waals surface area contributed by atoms with Gasteiger partial charge in [0.2, 0.25) is 0 Å². The lowest BCUT2D eigenvalue weighted by atomic mass is 9.85. The van der Waals surface area contributed by atoms with Gasteiger partial charge < -0.3 is 20.7 Å². The molecule has 6 aromatic carbocycles. The summed E-state index contributed by atoms with van der Waals surface area (Å²) < 4.78 is 37.1. The van der Waals surface area contributed by atoms with Crippen molar-refractivity contribution >= 4 is 108 Å². The summed E-state index contributed by atoms with van der Waals surface area (Å²) in [5.74, 6) is -1.40. The molecule has 0 saturated carbocycles. The molecule has 0 bridgehead atoms. The highest BCUT2D eigenvalue weighted by Gasteiger charge is 2.34. The Hall–Kier alpha value is -8.91. The zero-order valence-corrected chi connectivity index (χ0v) is 52.6. The van der Waals surface area contributed by atoms with Gasteiger partial charge in [-0.2, -0.15) is 10.5 Å². The maximum absolute atomic E-state index is 13.9. The highest BCUT2D eigenvalue weighted by atomic mass is 35.5. The number of aromatic nitrogens is 8. The van der Waals surface area contributed by atoms with Crippen molar-refractivity contribution in [2.45, 2.75) is 104 Å². The van der Waals surface area contributed by atoms with Crippen LogP contribution in [0.1, 0.15) is 128 Å². The third-order valence-corrected chi connectivity index (χ3v) is 16.8. The van der Waals surface area contributed by atoms with Crippen LogP contribution in [0.5, 0.6) is 0 Å². The molecule has 16 nitrogen and oxygen atoms in total. The van der Waals surface area contributed by atoms with E-state index in [1.165, 1.54) is 47.8 Å². The van der Waals surface area contributed by atoms with E-state index < -0.39 is 17.2 Å². The third-order valence-electron chi connectivity index (χ3n) is 15.6. The van der Waals surface area contributed by atoms with E-state index in [-0.39, 0.29) is 45.6 Å². The molecule has 4 aromatic heterocycles. The SMILES string of the molecule is CC(C)n1cc([C@@H](Cc2cc(Cl)c3ncc(C#N)c(Nc4ccc(F)c(Cl)c4)c3c2)c2cccc3c2CCN3)nn1.CC(C)n1cc([C@@H](Cc2cc(Cl)c3ncc(C#N)c(Nc4ccc(F)c(Cl)c4)c3c2)c2cccc3c2CCN3C(=O)OC(C)(C)C)nn1. The average Bonchev–Trinajstić information content (AvgIpc) is 1.91. The number of hydrogen-bond acceptors (Lipinski definition) is 13. The van der Waals surface area contributed by atoms with Gasteiger partial charge in [0.05, 0.1) is 70.7 Å². The number of carbonyl (C=O) groups excluding carboxylic acids is 1. The fourth-order valence-corrected chi connectivity index (χ4v) is 12.3. The van der Waals surface area contributed by atoms with Crippen molar-refractivity contribution in [1.29, 1.82) is 10.5 Å². The summed E-state index contributed by atoms with van der Waals surface area (Å²) in [5.41, 5.74) is 13.1. The molecule has 0 saturated heterocycles. The van der Waals surface area contributed by atoms with Crippen molar-refractivity contribution in [2.75, 3.05) is 33.9 Å². The number of fused-ring (bicyclic) bond motifs is 4. The molecule has 2 aliphatic heterocycles. The molecule has 0 fully saturated rings. The molecule has 0 radical (unpaired) electrons. The zero-order chi connectivity index (χ0) is 63.0. The molecule has 2 atom stereocenters.